The average molecular weight is 447 g/mol. The van der Waals surface area contributed by atoms with Gasteiger partial charge in [-0.2, -0.15) is 0 Å². The summed E-state index contributed by atoms with van der Waals surface area (Å²) in [6.45, 7) is -0.944. The van der Waals surface area contributed by atoms with Crippen molar-refractivity contribution >= 4 is 45.1 Å². The van der Waals surface area contributed by atoms with Gasteiger partial charge in [-0.15, -0.1) is 0 Å². The number of nitrogens with one attached hydrogen (secondary N) is 1. The van der Waals surface area contributed by atoms with Gasteiger partial charge in [-0.05, 0) is 52.3 Å². The lowest BCUT2D eigenvalue weighted by Gasteiger charge is -2.11. The molecule has 2 aromatic rings. The monoisotopic (exact) mass is 445 g/mol. The van der Waals surface area contributed by atoms with Crippen LogP contribution in [0.5, 0.6) is 11.5 Å². The highest BCUT2D eigenvalue weighted by Gasteiger charge is 2.12. The Hall–Kier alpha value is -2.32. The van der Waals surface area contributed by atoms with Crippen molar-refractivity contribution in [2.75, 3.05) is 25.6 Å². The number of anilines is 1. The number of halogens is 3. The lowest BCUT2D eigenvalue weighted by atomic mass is 10.3. The quantitative estimate of drug-likeness (QED) is 0.655. The second-order valence-electron chi connectivity index (χ2n) is 4.92. The summed E-state index contributed by atoms with van der Waals surface area (Å²) in [7, 11) is 1.45. The Morgan fingerprint density at radius 1 is 1.15 bits per heavy atom. The summed E-state index contributed by atoms with van der Waals surface area (Å²) < 4.78 is 28.5. The van der Waals surface area contributed by atoms with E-state index in [0.717, 1.165) is 0 Å². The molecule has 2 rings (SSSR count). The van der Waals surface area contributed by atoms with E-state index in [-0.39, 0.29) is 5.75 Å². The summed E-state index contributed by atoms with van der Waals surface area (Å²) in [6.07, 6.45) is 0. The third-order valence-electron chi connectivity index (χ3n) is 3.04. The van der Waals surface area contributed by atoms with E-state index in [4.69, 9.17) is 25.8 Å². The smallest absolute Gasteiger partial charge is 0.344 e. The molecule has 0 bridgehead atoms. The van der Waals surface area contributed by atoms with Crippen LogP contribution < -0.4 is 14.8 Å². The van der Waals surface area contributed by atoms with E-state index in [0.29, 0.717) is 20.9 Å². The summed E-state index contributed by atoms with van der Waals surface area (Å²) in [5.41, 5.74) is 0.354. The highest BCUT2D eigenvalue weighted by atomic mass is 79.9. The van der Waals surface area contributed by atoms with E-state index in [1.54, 1.807) is 12.1 Å². The Morgan fingerprint density at radius 3 is 2.58 bits per heavy atom. The third kappa shape index (κ3) is 5.89. The van der Waals surface area contributed by atoms with Crippen molar-refractivity contribution in [3.63, 3.8) is 0 Å². The molecule has 0 unspecified atom stereocenters. The van der Waals surface area contributed by atoms with Gasteiger partial charge >= 0.3 is 5.97 Å². The van der Waals surface area contributed by atoms with Gasteiger partial charge in [-0.25, -0.2) is 9.18 Å². The van der Waals surface area contributed by atoms with Crippen molar-refractivity contribution in [3.05, 3.63) is 51.7 Å². The van der Waals surface area contributed by atoms with Crippen LogP contribution in [0, 0.1) is 5.82 Å². The molecule has 138 valence electrons. The zero-order chi connectivity index (χ0) is 19.1. The van der Waals surface area contributed by atoms with E-state index >= 15 is 0 Å². The first-order valence-electron chi connectivity index (χ1n) is 7.26. The molecule has 0 spiro atoms. The average Bonchev–Trinajstić information content (AvgIpc) is 2.59. The highest BCUT2D eigenvalue weighted by Crippen LogP contribution is 2.27. The number of benzene rings is 2. The molecule has 0 heterocycles. The number of rotatable bonds is 7. The molecule has 0 aliphatic heterocycles. The molecule has 0 saturated heterocycles. The molecule has 6 nitrogen and oxygen atoms in total. The maximum Gasteiger partial charge on any atom is 0.344 e. The van der Waals surface area contributed by atoms with Crippen LogP contribution in [0.4, 0.5) is 10.1 Å². The lowest BCUT2D eigenvalue weighted by molar-refractivity contribution is -0.149. The Kier molecular flexibility index (Phi) is 7.23. The molecular weight excluding hydrogens is 433 g/mol. The van der Waals surface area contributed by atoms with Gasteiger partial charge in [0.15, 0.2) is 13.2 Å². The predicted octanol–water partition coefficient (Wildman–Crippen LogP) is 3.81. The Bertz CT molecular complexity index is 818. The maximum atomic E-state index is 13.0. The van der Waals surface area contributed by atoms with Crippen LogP contribution in [-0.4, -0.2) is 32.2 Å². The summed E-state index contributed by atoms with van der Waals surface area (Å²) in [5, 5.41) is 2.94. The summed E-state index contributed by atoms with van der Waals surface area (Å²) >= 11 is 8.98. The molecule has 0 atom stereocenters. The molecule has 0 radical (unpaired) electrons. The minimum Gasteiger partial charge on any atom is -0.495 e. The Morgan fingerprint density at radius 2 is 1.88 bits per heavy atom. The molecule has 0 aromatic heterocycles. The number of esters is 1. The standard InChI is InChI=1S/C17H14BrClFNO5/c1-24-15-4-2-10(19)6-13(15)21-16(22)8-26-17(23)9-25-14-5-3-11(20)7-12(14)18/h2-7H,8-9H2,1H3,(H,21,22). The number of methoxy groups -OCH3 is 1. The van der Waals surface area contributed by atoms with Crippen molar-refractivity contribution in [1.29, 1.82) is 0 Å². The number of carbonyl (C=O) groups excluding carboxylic acids is 2. The van der Waals surface area contributed by atoms with Crippen LogP contribution in [0.3, 0.4) is 0 Å². The van der Waals surface area contributed by atoms with Crippen LogP contribution in [0.2, 0.25) is 5.02 Å². The second-order valence-corrected chi connectivity index (χ2v) is 6.21. The van der Waals surface area contributed by atoms with Gasteiger partial charge in [-0.1, -0.05) is 11.6 Å². The van der Waals surface area contributed by atoms with E-state index in [2.05, 4.69) is 21.2 Å². The summed E-state index contributed by atoms with van der Waals surface area (Å²) in [6, 6.07) is 8.48. The third-order valence-corrected chi connectivity index (χ3v) is 3.89. The Labute approximate surface area is 162 Å². The van der Waals surface area contributed by atoms with Crippen LogP contribution in [0.25, 0.3) is 0 Å². The Balaban J connectivity index is 1.81. The molecule has 0 fully saturated rings. The largest absolute Gasteiger partial charge is 0.495 e. The molecule has 0 saturated carbocycles. The number of amides is 1. The highest BCUT2D eigenvalue weighted by molar-refractivity contribution is 9.10. The van der Waals surface area contributed by atoms with Crippen molar-refractivity contribution in [3.8, 4) is 11.5 Å². The van der Waals surface area contributed by atoms with Gasteiger partial charge in [0.2, 0.25) is 0 Å². The van der Waals surface area contributed by atoms with Crippen LogP contribution in [-0.2, 0) is 14.3 Å². The van der Waals surface area contributed by atoms with Crippen molar-refractivity contribution in [2.45, 2.75) is 0 Å². The zero-order valence-electron chi connectivity index (χ0n) is 13.6. The minimum absolute atomic E-state index is 0.275. The van der Waals surface area contributed by atoms with Crippen LogP contribution in [0.15, 0.2) is 40.9 Å². The molecule has 2 aromatic carbocycles. The molecule has 9 heteroatoms. The topological polar surface area (TPSA) is 73.9 Å². The van der Waals surface area contributed by atoms with Gasteiger partial charge in [0.1, 0.15) is 17.3 Å². The van der Waals surface area contributed by atoms with E-state index in [1.165, 1.54) is 31.4 Å². The number of hydrogen-bond donors (Lipinski definition) is 1. The summed E-state index contributed by atoms with van der Waals surface area (Å²) in [4.78, 5) is 23.6. The van der Waals surface area contributed by atoms with Crippen molar-refractivity contribution in [1.82, 2.24) is 0 Å². The fourth-order valence-electron chi connectivity index (χ4n) is 1.88. The maximum absolute atomic E-state index is 13.0. The van der Waals surface area contributed by atoms with Gasteiger partial charge in [0, 0.05) is 5.02 Å². The first-order chi connectivity index (χ1) is 12.4. The van der Waals surface area contributed by atoms with E-state index in [1.807, 2.05) is 0 Å². The molecule has 0 aliphatic rings. The molecule has 0 aliphatic carbocycles. The zero-order valence-corrected chi connectivity index (χ0v) is 15.9. The van der Waals surface area contributed by atoms with Crippen molar-refractivity contribution in [2.24, 2.45) is 0 Å². The van der Waals surface area contributed by atoms with Gasteiger partial charge in [-0.3, -0.25) is 4.79 Å². The van der Waals surface area contributed by atoms with Gasteiger partial charge < -0.3 is 19.5 Å². The normalized spacial score (nSPS) is 10.2. The molecule has 26 heavy (non-hydrogen) atoms. The number of hydrogen-bond acceptors (Lipinski definition) is 5. The minimum atomic E-state index is -0.755. The van der Waals surface area contributed by atoms with Crippen LogP contribution >= 0.6 is 27.5 Å². The SMILES string of the molecule is COc1ccc(Cl)cc1NC(=O)COC(=O)COc1ccc(F)cc1Br. The molecule has 1 N–H and O–H groups in total. The van der Waals surface area contributed by atoms with E-state index < -0.39 is 30.9 Å². The first kappa shape index (κ1) is 20.0. The van der Waals surface area contributed by atoms with E-state index in [9.17, 15) is 14.0 Å². The van der Waals surface area contributed by atoms with Crippen LogP contribution in [0.1, 0.15) is 0 Å². The van der Waals surface area contributed by atoms with Crippen molar-refractivity contribution < 1.29 is 28.2 Å². The second kappa shape index (κ2) is 9.40. The fourth-order valence-corrected chi connectivity index (χ4v) is 2.52. The van der Waals surface area contributed by atoms with Gasteiger partial charge in [0.25, 0.3) is 5.91 Å². The fraction of sp³-hybridized carbons (Fsp3) is 0.176. The lowest BCUT2D eigenvalue weighted by Crippen LogP contribution is -2.24. The molecular formula is C17H14BrClFNO5. The first-order valence-corrected chi connectivity index (χ1v) is 8.43. The molecule has 1 amide bonds. The number of ether oxygens (including phenoxy) is 3. The number of carbonyl (C=O) groups is 2. The predicted molar refractivity (Wildman–Crippen MR) is 97.2 cm³/mol. The summed E-state index contributed by atoms with van der Waals surface area (Å²) in [5.74, 6) is -1.08. The van der Waals surface area contributed by atoms with Gasteiger partial charge in [0.05, 0.1) is 17.3 Å².